The van der Waals surface area contributed by atoms with Gasteiger partial charge in [0.1, 0.15) is 88.1 Å². The number of allylic oxidation sites excluding steroid dienone is 6. The normalized spacial score (nSPS) is 14.8. The molecule has 1 aromatic rings. The summed E-state index contributed by atoms with van der Waals surface area (Å²) in [5.74, 6) is -10.8. The van der Waals surface area contributed by atoms with Crippen molar-refractivity contribution in [3.05, 3.63) is 64.8 Å². The van der Waals surface area contributed by atoms with Gasteiger partial charge in [0.2, 0.25) is 0 Å². The van der Waals surface area contributed by atoms with Crippen LogP contribution in [0.3, 0.4) is 0 Å². The van der Waals surface area contributed by atoms with Crippen LogP contribution in [-0.4, -0.2) is 0 Å². The monoisotopic (exact) mass is 486 g/mol. The molecule has 6 nitrogen and oxygen atoms in total. The van der Waals surface area contributed by atoms with Gasteiger partial charge in [-0.1, -0.05) is 0 Å². The molecule has 0 aromatic heterocycles. The molecule has 0 amide bonds. The summed E-state index contributed by atoms with van der Waals surface area (Å²) in [7, 11) is 0. The zero-order chi connectivity index (χ0) is 26.6. The van der Waals surface area contributed by atoms with Crippen molar-refractivity contribution in [3.63, 3.8) is 0 Å². The van der Waals surface area contributed by atoms with Crippen LogP contribution >= 0.6 is 0 Å². The molecule has 0 aliphatic heterocycles. The smallest absolute Gasteiger partial charge is 0.144 e. The maximum absolute atomic E-state index is 15.5. The number of halogens is 6. The van der Waals surface area contributed by atoms with E-state index < -0.39 is 99.7 Å². The topological polar surface area (TPSA) is 143 Å². The number of benzene rings is 1. The molecule has 0 bridgehead atoms. The maximum Gasteiger partial charge on any atom is 0.144 e. The fraction of sp³-hybridized carbons (Fsp3) is 0. The molecule has 3 aliphatic rings. The molecule has 168 valence electrons. The van der Waals surface area contributed by atoms with E-state index in [0.717, 1.165) is 0 Å². The maximum atomic E-state index is 15.5. The van der Waals surface area contributed by atoms with Crippen LogP contribution in [0.4, 0.5) is 26.3 Å². The van der Waals surface area contributed by atoms with Gasteiger partial charge in [-0.05, 0) is 0 Å². The Labute approximate surface area is 194 Å². The first-order valence-electron chi connectivity index (χ1n) is 9.23. The molecule has 12 heteroatoms. The quantitative estimate of drug-likeness (QED) is 0.379. The highest BCUT2D eigenvalue weighted by atomic mass is 19.2. The highest BCUT2D eigenvalue weighted by Gasteiger charge is 2.37. The van der Waals surface area contributed by atoms with Crippen LogP contribution in [-0.2, 0) is 0 Å². The van der Waals surface area contributed by atoms with Gasteiger partial charge >= 0.3 is 0 Å². The molecule has 0 N–H and O–H groups in total. The van der Waals surface area contributed by atoms with Gasteiger partial charge in [0.05, 0.1) is 16.7 Å². The largest absolute Gasteiger partial charge is 0.205 e. The van der Waals surface area contributed by atoms with Crippen LogP contribution in [0, 0.1) is 68.0 Å². The molecular formula is C24F6N6. The number of rotatable bonds is 0. The van der Waals surface area contributed by atoms with E-state index in [9.17, 15) is 0 Å². The molecule has 0 radical (unpaired) electrons. The van der Waals surface area contributed by atoms with Gasteiger partial charge in [-0.2, -0.15) is 31.6 Å². The third kappa shape index (κ3) is 2.56. The summed E-state index contributed by atoms with van der Waals surface area (Å²) in [6.45, 7) is 0. The van der Waals surface area contributed by atoms with E-state index >= 15 is 26.3 Å². The van der Waals surface area contributed by atoms with Crippen LogP contribution in [0.15, 0.2) is 33.4 Å². The third-order valence-corrected chi connectivity index (χ3v) is 5.55. The van der Waals surface area contributed by atoms with E-state index in [-0.39, 0.29) is 0 Å². The van der Waals surface area contributed by atoms with E-state index in [1.54, 1.807) is 0 Å². The van der Waals surface area contributed by atoms with Crippen molar-refractivity contribution in [1.82, 2.24) is 0 Å². The Bertz CT molecular complexity index is 1720. The summed E-state index contributed by atoms with van der Waals surface area (Å²) in [4.78, 5) is 0. The van der Waals surface area contributed by atoms with E-state index in [2.05, 4.69) is 0 Å². The minimum atomic E-state index is -1.80. The fourth-order valence-electron chi connectivity index (χ4n) is 4.17. The van der Waals surface area contributed by atoms with Gasteiger partial charge in [-0.3, -0.25) is 0 Å². The summed E-state index contributed by atoms with van der Waals surface area (Å²) in [5.41, 5.74) is -7.56. The Hall–Kier alpha value is -5.82. The zero-order valence-electron chi connectivity index (χ0n) is 17.0. The highest BCUT2D eigenvalue weighted by Crippen LogP contribution is 2.32. The van der Waals surface area contributed by atoms with Crippen LogP contribution in [0.1, 0.15) is 0 Å². The van der Waals surface area contributed by atoms with E-state index in [1.807, 2.05) is 0 Å². The van der Waals surface area contributed by atoms with E-state index in [4.69, 9.17) is 31.6 Å². The molecule has 0 saturated carbocycles. The minimum absolute atomic E-state index is 1.18. The number of fused-ring (bicyclic) bond motifs is 6. The summed E-state index contributed by atoms with van der Waals surface area (Å²) < 4.78 is 92.8. The van der Waals surface area contributed by atoms with Crippen molar-refractivity contribution in [3.8, 4) is 36.4 Å². The fourth-order valence-corrected chi connectivity index (χ4v) is 4.17. The van der Waals surface area contributed by atoms with Gasteiger partial charge in [0.15, 0.2) is 0 Å². The lowest BCUT2D eigenvalue weighted by Gasteiger charge is -1.96. The van der Waals surface area contributed by atoms with Crippen LogP contribution in [0.5, 0.6) is 0 Å². The van der Waals surface area contributed by atoms with Crippen molar-refractivity contribution in [2.24, 2.45) is 0 Å². The molecule has 0 spiro atoms. The zero-order valence-corrected chi connectivity index (χ0v) is 17.0. The Morgan fingerprint density at radius 1 is 0.333 bits per heavy atom. The van der Waals surface area contributed by atoms with Crippen molar-refractivity contribution < 1.29 is 26.3 Å². The number of nitriles is 6. The Kier molecular flexibility index (Phi) is 5.12. The molecule has 3 aliphatic carbocycles. The molecule has 0 fully saturated rings. The first-order chi connectivity index (χ1) is 17.2. The molecule has 4 rings (SSSR count). The molecule has 1 aromatic carbocycles. The van der Waals surface area contributed by atoms with E-state index in [1.165, 1.54) is 36.4 Å². The van der Waals surface area contributed by atoms with Gasteiger partial charge in [-0.15, -0.1) is 0 Å². The molecule has 0 atom stereocenters. The summed E-state index contributed by atoms with van der Waals surface area (Å²) in [6.07, 6.45) is 0. The van der Waals surface area contributed by atoms with Gasteiger partial charge in [0, 0.05) is 31.3 Å². The van der Waals surface area contributed by atoms with Crippen LogP contribution in [0.2, 0.25) is 0 Å². The van der Waals surface area contributed by atoms with Crippen LogP contribution < -0.4 is 31.3 Å². The van der Waals surface area contributed by atoms with Crippen molar-refractivity contribution in [2.45, 2.75) is 0 Å². The summed E-state index contributed by atoms with van der Waals surface area (Å²) in [5, 5.41) is 47.3. The summed E-state index contributed by atoms with van der Waals surface area (Å²) >= 11 is 0. The Balaban J connectivity index is 2.67. The lowest BCUT2D eigenvalue weighted by atomic mass is 10.1. The second-order valence-corrected chi connectivity index (χ2v) is 7.05. The molecule has 36 heavy (non-hydrogen) atoms. The first kappa shape index (κ1) is 23.3. The number of hydrogen-bond acceptors (Lipinski definition) is 6. The predicted molar refractivity (Wildman–Crippen MR) is 106 cm³/mol. The molecular weight excluding hydrogens is 486 g/mol. The molecule has 0 saturated heterocycles. The number of hydrogen-bond donors (Lipinski definition) is 0. The van der Waals surface area contributed by atoms with Crippen molar-refractivity contribution >= 4 is 35.0 Å². The first-order valence-corrected chi connectivity index (χ1v) is 9.23. The van der Waals surface area contributed by atoms with E-state index in [0.29, 0.717) is 0 Å². The summed E-state index contributed by atoms with van der Waals surface area (Å²) in [6, 6.07) is 7.21. The Morgan fingerprint density at radius 2 is 0.472 bits per heavy atom. The van der Waals surface area contributed by atoms with Gasteiger partial charge < -0.3 is 0 Å². The lowest BCUT2D eigenvalue weighted by molar-refractivity contribution is 0.723. The molecule has 0 heterocycles. The lowest BCUT2D eigenvalue weighted by Crippen LogP contribution is -2.64. The van der Waals surface area contributed by atoms with Crippen LogP contribution in [0.25, 0.3) is 35.0 Å². The second-order valence-electron chi connectivity index (χ2n) is 7.05. The minimum Gasteiger partial charge on any atom is -0.205 e. The predicted octanol–water partition coefficient (Wildman–Crippen LogP) is 0.225. The Morgan fingerprint density at radius 3 is 0.583 bits per heavy atom. The standard InChI is InChI=1S/C24F6N6/c25-19-10(7(1-31)2-32)20(26)14-13(19)15-17(23(29)11(21(15)27)8(3-33)4-34)18-16(14)22(28)12(24(18)30)9(5-35)6-36. The van der Waals surface area contributed by atoms with Crippen molar-refractivity contribution in [2.75, 3.05) is 0 Å². The van der Waals surface area contributed by atoms with Crippen molar-refractivity contribution in [1.29, 1.82) is 31.6 Å². The van der Waals surface area contributed by atoms with Gasteiger partial charge in [0.25, 0.3) is 0 Å². The highest BCUT2D eigenvalue weighted by molar-refractivity contribution is 5.94. The SMILES string of the molecule is N#CC(C#N)=C1C(F)=c2c3c(c4c(c2=C1F)=C(F)C(=C(C#N)C#N)C=4F)=C(F)C(=C(C#N)C#N)C=3F. The third-order valence-electron chi connectivity index (χ3n) is 5.55. The average molecular weight is 486 g/mol. The average Bonchev–Trinajstić information content (AvgIpc) is 3.38. The van der Waals surface area contributed by atoms with Gasteiger partial charge in [-0.25, -0.2) is 26.3 Å². The number of nitrogens with zero attached hydrogens (tertiary/aromatic N) is 6. The second kappa shape index (κ2) is 7.89. The molecule has 0 unspecified atom stereocenters.